The maximum atomic E-state index is 12.9. The molecule has 0 saturated carbocycles. The number of hydrogen-bond donors (Lipinski definition) is 3. The second-order valence-electron chi connectivity index (χ2n) is 7.00. The molecule has 0 heterocycles. The number of carbonyl (C=O) groups excluding carboxylic acids is 2. The first kappa shape index (κ1) is 26.2. The van der Waals surface area contributed by atoms with Crippen molar-refractivity contribution in [3.8, 4) is 0 Å². The van der Waals surface area contributed by atoms with Crippen molar-refractivity contribution in [3.63, 3.8) is 0 Å². The van der Waals surface area contributed by atoms with Gasteiger partial charge in [-0.05, 0) is 42.8 Å². The van der Waals surface area contributed by atoms with Crippen LogP contribution < -0.4 is 10.6 Å². The monoisotopic (exact) mass is 556 g/mol. The highest BCUT2D eigenvalue weighted by molar-refractivity contribution is 8.00. The molecule has 0 aliphatic heterocycles. The third kappa shape index (κ3) is 6.17. The van der Waals surface area contributed by atoms with Crippen molar-refractivity contribution in [2.75, 3.05) is 16.4 Å². The predicted octanol–water partition coefficient (Wildman–Crippen LogP) is 7.29. The Labute approximate surface area is 219 Å². The maximum absolute atomic E-state index is 12.9. The zero-order valence-electron chi connectivity index (χ0n) is 17.4. The van der Waals surface area contributed by atoms with Gasteiger partial charge >= 0.3 is 5.97 Å². The van der Waals surface area contributed by atoms with Gasteiger partial charge in [0.25, 0.3) is 5.91 Å². The number of thioether (sulfide) groups is 1. The third-order valence-electron chi connectivity index (χ3n) is 4.47. The Bertz CT molecular complexity index is 1300. The Kier molecular flexibility index (Phi) is 8.73. The van der Waals surface area contributed by atoms with E-state index < -0.39 is 28.0 Å². The molecule has 3 N–H and O–H groups in total. The van der Waals surface area contributed by atoms with E-state index in [1.54, 1.807) is 30.3 Å². The lowest BCUT2D eigenvalue weighted by atomic mass is 10.1. The van der Waals surface area contributed by atoms with Crippen LogP contribution in [-0.2, 0) is 4.79 Å². The van der Waals surface area contributed by atoms with Gasteiger partial charge < -0.3 is 15.7 Å². The van der Waals surface area contributed by atoms with Crippen molar-refractivity contribution < 1.29 is 19.5 Å². The summed E-state index contributed by atoms with van der Waals surface area (Å²) < 4.78 is 0. The minimum atomic E-state index is -1.49. The number of anilines is 2. The molecule has 2 amide bonds. The lowest BCUT2D eigenvalue weighted by Crippen LogP contribution is -2.18. The number of nitrogens with one attached hydrogen (secondary N) is 2. The summed E-state index contributed by atoms with van der Waals surface area (Å²) in [5.41, 5.74) is 1.12. The van der Waals surface area contributed by atoms with Crippen molar-refractivity contribution in [2.45, 2.75) is 11.8 Å². The first-order valence-corrected chi connectivity index (χ1v) is 12.1. The molecule has 6 nitrogen and oxygen atoms in total. The molecular formula is C23H16Cl4N2O4S. The van der Waals surface area contributed by atoms with Crippen LogP contribution in [0.4, 0.5) is 11.4 Å². The summed E-state index contributed by atoms with van der Waals surface area (Å²) in [4.78, 5) is 37.6. The second kappa shape index (κ2) is 11.3. The Morgan fingerprint density at radius 3 is 2.03 bits per heavy atom. The van der Waals surface area contributed by atoms with Crippen LogP contribution in [0.15, 0.2) is 53.4 Å². The van der Waals surface area contributed by atoms with Crippen molar-refractivity contribution >= 4 is 87.3 Å². The van der Waals surface area contributed by atoms with Crippen LogP contribution in [0.1, 0.15) is 26.3 Å². The highest BCUT2D eigenvalue weighted by Crippen LogP contribution is 2.41. The summed E-state index contributed by atoms with van der Waals surface area (Å²) in [5, 5.41) is 13.7. The number of carboxylic acids is 1. The number of rotatable bonds is 7. The van der Waals surface area contributed by atoms with E-state index in [2.05, 4.69) is 10.6 Å². The van der Waals surface area contributed by atoms with Crippen LogP contribution in [0.25, 0.3) is 0 Å². The molecule has 11 heteroatoms. The fourth-order valence-corrected chi connectivity index (χ4v) is 4.75. The molecule has 34 heavy (non-hydrogen) atoms. The predicted molar refractivity (Wildman–Crippen MR) is 138 cm³/mol. The highest BCUT2D eigenvalue weighted by Gasteiger charge is 2.29. The fourth-order valence-electron chi connectivity index (χ4n) is 2.97. The normalized spacial score (nSPS) is 10.6. The second-order valence-corrected chi connectivity index (χ2v) is 9.56. The van der Waals surface area contributed by atoms with Gasteiger partial charge in [-0.1, -0.05) is 64.6 Å². The largest absolute Gasteiger partial charge is 0.478 e. The smallest absolute Gasteiger partial charge is 0.338 e. The molecule has 0 radical (unpaired) electrons. The number of aryl methyl sites for hydroxylation is 1. The topological polar surface area (TPSA) is 95.5 Å². The van der Waals surface area contributed by atoms with Gasteiger partial charge in [-0.25, -0.2) is 4.79 Å². The summed E-state index contributed by atoms with van der Waals surface area (Å²) in [6, 6.07) is 14.1. The van der Waals surface area contributed by atoms with Gasteiger partial charge in [-0.3, -0.25) is 9.59 Å². The summed E-state index contributed by atoms with van der Waals surface area (Å²) in [6.45, 7) is 1.93. The standard InChI is InChI=1S/C23H16Cl4N2O4S/c1-11-4-2-5-12(8-11)28-15(30)10-34-14-7-3-6-13(9-14)29-22(31)16-17(23(32)33)19(25)21(27)20(26)18(16)24/h2-9H,10H2,1H3,(H,28,30)(H,29,31)(H,32,33). The maximum Gasteiger partial charge on any atom is 0.338 e. The summed E-state index contributed by atoms with van der Waals surface area (Å²) >= 11 is 25.3. The van der Waals surface area contributed by atoms with E-state index >= 15 is 0 Å². The SMILES string of the molecule is Cc1cccc(NC(=O)CSc2cccc(NC(=O)c3c(Cl)c(Cl)c(Cl)c(Cl)c3C(=O)O)c2)c1. The van der Waals surface area contributed by atoms with Gasteiger partial charge in [0.2, 0.25) is 5.91 Å². The van der Waals surface area contributed by atoms with Crippen molar-refractivity contribution in [1.29, 1.82) is 0 Å². The van der Waals surface area contributed by atoms with Crippen LogP contribution in [0.3, 0.4) is 0 Å². The minimum Gasteiger partial charge on any atom is -0.478 e. The van der Waals surface area contributed by atoms with Gasteiger partial charge in [0.1, 0.15) is 0 Å². The van der Waals surface area contributed by atoms with E-state index in [-0.39, 0.29) is 26.7 Å². The van der Waals surface area contributed by atoms with Crippen LogP contribution in [0.5, 0.6) is 0 Å². The molecule has 0 fully saturated rings. The average Bonchev–Trinajstić information content (AvgIpc) is 2.78. The number of hydrogen-bond acceptors (Lipinski definition) is 4. The molecule has 176 valence electrons. The van der Waals surface area contributed by atoms with Crippen molar-refractivity contribution in [3.05, 3.63) is 85.3 Å². The van der Waals surface area contributed by atoms with Crippen molar-refractivity contribution in [2.24, 2.45) is 0 Å². The molecule has 0 aromatic heterocycles. The zero-order chi connectivity index (χ0) is 25.0. The fraction of sp³-hybridized carbons (Fsp3) is 0.0870. The first-order chi connectivity index (χ1) is 16.1. The van der Waals surface area contributed by atoms with Crippen LogP contribution in [-0.4, -0.2) is 28.6 Å². The summed E-state index contributed by atoms with van der Waals surface area (Å²) in [7, 11) is 0. The van der Waals surface area contributed by atoms with Gasteiger partial charge in [0, 0.05) is 16.3 Å². The quantitative estimate of drug-likeness (QED) is 0.161. The molecule has 0 atom stereocenters. The van der Waals surface area contributed by atoms with Gasteiger partial charge in [-0.2, -0.15) is 0 Å². The molecule has 0 unspecified atom stereocenters. The Balaban J connectivity index is 1.74. The Hall–Kier alpha value is -2.42. The molecule has 3 aromatic rings. The number of aromatic carboxylic acids is 1. The molecule has 3 aromatic carbocycles. The minimum absolute atomic E-state index is 0.142. The molecule has 0 aliphatic carbocycles. The van der Waals surface area contributed by atoms with Gasteiger partial charge in [-0.15, -0.1) is 11.8 Å². The van der Waals surface area contributed by atoms with Crippen molar-refractivity contribution in [1.82, 2.24) is 0 Å². The Morgan fingerprint density at radius 1 is 0.824 bits per heavy atom. The molecule has 3 rings (SSSR count). The highest BCUT2D eigenvalue weighted by atomic mass is 35.5. The van der Waals surface area contributed by atoms with E-state index in [0.717, 1.165) is 5.56 Å². The molecule has 0 aliphatic rings. The summed E-state index contributed by atoms with van der Waals surface area (Å²) in [6.07, 6.45) is 0. The average molecular weight is 558 g/mol. The van der Waals surface area contributed by atoms with Gasteiger partial charge in [0.15, 0.2) is 0 Å². The number of carbonyl (C=O) groups is 3. The van der Waals surface area contributed by atoms with Crippen LogP contribution in [0, 0.1) is 6.92 Å². The van der Waals surface area contributed by atoms with Crippen LogP contribution in [0.2, 0.25) is 20.1 Å². The third-order valence-corrected chi connectivity index (χ3v) is 7.27. The number of halogens is 4. The van der Waals surface area contributed by atoms with E-state index in [0.29, 0.717) is 16.3 Å². The molecule has 0 spiro atoms. The first-order valence-electron chi connectivity index (χ1n) is 9.58. The van der Waals surface area contributed by atoms with E-state index in [1.807, 2.05) is 25.1 Å². The number of benzene rings is 3. The van der Waals surface area contributed by atoms with E-state index in [1.165, 1.54) is 11.8 Å². The van der Waals surface area contributed by atoms with E-state index in [9.17, 15) is 19.5 Å². The molecule has 0 saturated heterocycles. The van der Waals surface area contributed by atoms with Crippen LogP contribution >= 0.6 is 58.2 Å². The molecular weight excluding hydrogens is 542 g/mol. The summed E-state index contributed by atoms with van der Waals surface area (Å²) in [5.74, 6) is -2.36. The number of amides is 2. The Morgan fingerprint density at radius 2 is 1.41 bits per heavy atom. The lowest BCUT2D eigenvalue weighted by Gasteiger charge is -2.14. The van der Waals surface area contributed by atoms with Gasteiger partial charge in [0.05, 0.1) is 37.0 Å². The lowest BCUT2D eigenvalue weighted by molar-refractivity contribution is -0.113. The number of carboxylic acid groups (broad SMARTS) is 1. The molecule has 0 bridgehead atoms. The van der Waals surface area contributed by atoms with E-state index in [4.69, 9.17) is 46.4 Å². The zero-order valence-corrected chi connectivity index (χ0v) is 21.3.